The van der Waals surface area contributed by atoms with E-state index in [0.717, 1.165) is 10.4 Å². The fourth-order valence-corrected chi connectivity index (χ4v) is 3.80. The predicted octanol–water partition coefficient (Wildman–Crippen LogP) is 2.54. The number of carbonyl (C=O) groups excluding carboxylic acids is 1. The van der Waals surface area contributed by atoms with Crippen molar-refractivity contribution >= 4 is 28.7 Å². The van der Waals surface area contributed by atoms with Gasteiger partial charge in [0.05, 0.1) is 5.56 Å². The van der Waals surface area contributed by atoms with E-state index in [0.29, 0.717) is 17.0 Å². The maximum Gasteiger partial charge on any atom is 0.279 e. The zero-order chi connectivity index (χ0) is 15.3. The Kier molecular flexibility index (Phi) is 2.87. The van der Waals surface area contributed by atoms with Gasteiger partial charge in [-0.2, -0.15) is 4.98 Å². The molecule has 1 N–H and O–H groups in total. The summed E-state index contributed by atoms with van der Waals surface area (Å²) >= 11 is 1.56. The fourth-order valence-electron chi connectivity index (χ4n) is 2.96. The summed E-state index contributed by atoms with van der Waals surface area (Å²) < 4.78 is 1.80. The topological polar surface area (TPSA) is 63.5 Å². The van der Waals surface area contributed by atoms with Gasteiger partial charge in [0.2, 0.25) is 5.91 Å². The van der Waals surface area contributed by atoms with Crippen molar-refractivity contribution in [3.8, 4) is 0 Å². The van der Waals surface area contributed by atoms with E-state index in [4.69, 9.17) is 0 Å². The molecule has 3 aromatic rings. The molecule has 4 rings (SSSR count). The van der Waals surface area contributed by atoms with Gasteiger partial charge in [0, 0.05) is 23.4 Å². The normalized spacial score (nSPS) is 17.3. The van der Waals surface area contributed by atoms with Gasteiger partial charge >= 0.3 is 0 Å². The molecule has 0 unspecified atom stereocenters. The van der Waals surface area contributed by atoms with E-state index in [-0.39, 0.29) is 23.8 Å². The molecule has 0 spiro atoms. The molecule has 0 aliphatic carbocycles. The lowest BCUT2D eigenvalue weighted by atomic mass is 9.92. The maximum atomic E-state index is 12.6. The van der Waals surface area contributed by atoms with Crippen molar-refractivity contribution in [2.75, 3.05) is 5.32 Å². The molecule has 0 saturated carbocycles. The monoisotopic (exact) mass is 311 g/mol. The summed E-state index contributed by atoms with van der Waals surface area (Å²) in [6.07, 6.45) is 2.10. The van der Waals surface area contributed by atoms with Gasteiger partial charge in [-0.3, -0.25) is 14.0 Å². The second kappa shape index (κ2) is 4.78. The van der Waals surface area contributed by atoms with Gasteiger partial charge in [0.1, 0.15) is 11.5 Å². The van der Waals surface area contributed by atoms with E-state index in [2.05, 4.69) is 10.3 Å². The number of nitrogens with zero attached hydrogens (tertiary/aromatic N) is 2. The van der Waals surface area contributed by atoms with Crippen LogP contribution in [0.15, 0.2) is 40.6 Å². The number of carbonyl (C=O) groups is 1. The molecule has 0 fully saturated rings. The average Bonchev–Trinajstić information content (AvgIpc) is 3.02. The fraction of sp³-hybridized carbons (Fsp3) is 0.188. The summed E-state index contributed by atoms with van der Waals surface area (Å²) in [6.45, 7) is 1.90. The molecule has 6 heteroatoms. The van der Waals surface area contributed by atoms with Crippen molar-refractivity contribution in [3.05, 3.63) is 62.2 Å². The first-order valence-corrected chi connectivity index (χ1v) is 7.88. The number of fused-ring (bicyclic) bond motifs is 3. The van der Waals surface area contributed by atoms with Crippen LogP contribution in [0.5, 0.6) is 0 Å². The first-order chi connectivity index (χ1) is 10.6. The summed E-state index contributed by atoms with van der Waals surface area (Å²) in [5.41, 5.74) is 1.79. The van der Waals surface area contributed by atoms with E-state index in [1.807, 2.05) is 42.8 Å². The van der Waals surface area contributed by atoms with Crippen molar-refractivity contribution < 1.29 is 4.79 Å². The van der Waals surface area contributed by atoms with E-state index in [9.17, 15) is 9.59 Å². The minimum absolute atomic E-state index is 0.0770. The van der Waals surface area contributed by atoms with Crippen LogP contribution in [0.3, 0.4) is 0 Å². The Labute approximate surface area is 130 Å². The van der Waals surface area contributed by atoms with Crippen LogP contribution in [-0.4, -0.2) is 15.3 Å². The molecule has 1 aliphatic heterocycles. The van der Waals surface area contributed by atoms with Crippen molar-refractivity contribution in [1.29, 1.82) is 0 Å². The lowest BCUT2D eigenvalue weighted by molar-refractivity contribution is -0.116. The van der Waals surface area contributed by atoms with Crippen LogP contribution in [0, 0.1) is 6.92 Å². The second-order valence-corrected chi connectivity index (χ2v) is 6.36. The molecular formula is C16H13N3O2S. The van der Waals surface area contributed by atoms with Gasteiger partial charge in [-0.15, -0.1) is 11.3 Å². The molecule has 0 radical (unpaired) electrons. The third-order valence-electron chi connectivity index (χ3n) is 3.98. The van der Waals surface area contributed by atoms with Gasteiger partial charge in [0.25, 0.3) is 5.56 Å². The number of pyridine rings is 1. The predicted molar refractivity (Wildman–Crippen MR) is 85.6 cm³/mol. The molecule has 0 saturated heterocycles. The van der Waals surface area contributed by atoms with Crippen LogP contribution in [0.4, 0.5) is 5.82 Å². The first kappa shape index (κ1) is 13.2. The zero-order valence-corrected chi connectivity index (χ0v) is 12.7. The Hall–Kier alpha value is -2.47. The summed E-state index contributed by atoms with van der Waals surface area (Å²) in [6, 6.07) is 7.68. The quantitative estimate of drug-likeness (QED) is 0.751. The number of amides is 1. The minimum atomic E-state index is -0.261. The van der Waals surface area contributed by atoms with E-state index >= 15 is 0 Å². The smallest absolute Gasteiger partial charge is 0.279 e. The Morgan fingerprint density at radius 2 is 2.18 bits per heavy atom. The molecule has 1 amide bonds. The molecule has 3 aromatic heterocycles. The van der Waals surface area contributed by atoms with Crippen molar-refractivity contribution in [2.24, 2.45) is 0 Å². The molecule has 1 aliphatic rings. The van der Waals surface area contributed by atoms with Crippen molar-refractivity contribution in [1.82, 2.24) is 9.38 Å². The van der Waals surface area contributed by atoms with E-state index < -0.39 is 0 Å². The van der Waals surface area contributed by atoms with Crippen LogP contribution in [0.2, 0.25) is 0 Å². The second-order valence-electron chi connectivity index (χ2n) is 5.38. The lowest BCUT2D eigenvalue weighted by Crippen LogP contribution is -2.32. The van der Waals surface area contributed by atoms with Crippen molar-refractivity contribution in [2.45, 2.75) is 19.3 Å². The highest BCUT2D eigenvalue weighted by Crippen LogP contribution is 2.36. The number of nitrogens with one attached hydrogen (secondary N) is 1. The number of aromatic nitrogens is 2. The number of hydrogen-bond donors (Lipinski definition) is 1. The minimum Gasteiger partial charge on any atom is -0.311 e. The Bertz CT molecular complexity index is 944. The highest BCUT2D eigenvalue weighted by Gasteiger charge is 2.32. The molecule has 1 atom stereocenters. The Balaban J connectivity index is 2.07. The molecule has 0 bridgehead atoms. The maximum absolute atomic E-state index is 12.6. The summed E-state index contributed by atoms with van der Waals surface area (Å²) in [5.74, 6) is 0.251. The van der Waals surface area contributed by atoms with Crippen LogP contribution in [0.25, 0.3) is 5.65 Å². The third kappa shape index (κ3) is 1.88. The Morgan fingerprint density at radius 3 is 2.95 bits per heavy atom. The van der Waals surface area contributed by atoms with Gasteiger partial charge in [-0.05, 0) is 30.0 Å². The summed E-state index contributed by atoms with van der Waals surface area (Å²) in [4.78, 5) is 30.0. The molecular weight excluding hydrogens is 298 g/mol. The summed E-state index contributed by atoms with van der Waals surface area (Å²) in [5, 5.41) is 4.81. The number of anilines is 1. The van der Waals surface area contributed by atoms with Crippen LogP contribution in [-0.2, 0) is 4.79 Å². The highest BCUT2D eigenvalue weighted by molar-refractivity contribution is 7.10. The highest BCUT2D eigenvalue weighted by atomic mass is 32.1. The van der Waals surface area contributed by atoms with Crippen LogP contribution in [0.1, 0.15) is 28.3 Å². The largest absolute Gasteiger partial charge is 0.311 e. The standard InChI is InChI=1S/C16H13N3O2S/c1-9-4-2-6-19-14(9)18-16(21)13-10(11-5-3-7-22-11)8-12(20)17-15(13)19/h2-7,10H,8H2,1H3,(H,17,20)/t10-/m0/s1. The SMILES string of the molecule is Cc1cccn2c3c(c(=O)nc12)[C@H](c1cccs1)CC(=O)N3. The number of aryl methyl sites for hydroxylation is 1. The molecule has 110 valence electrons. The lowest BCUT2D eigenvalue weighted by Gasteiger charge is -2.25. The third-order valence-corrected chi connectivity index (χ3v) is 4.96. The Morgan fingerprint density at radius 1 is 1.32 bits per heavy atom. The molecule has 5 nitrogen and oxygen atoms in total. The average molecular weight is 311 g/mol. The van der Waals surface area contributed by atoms with Crippen molar-refractivity contribution in [3.63, 3.8) is 0 Å². The molecule has 0 aromatic carbocycles. The van der Waals surface area contributed by atoms with Gasteiger partial charge in [-0.1, -0.05) is 12.1 Å². The zero-order valence-electron chi connectivity index (χ0n) is 11.9. The van der Waals surface area contributed by atoms with Crippen LogP contribution >= 0.6 is 11.3 Å². The molecule has 4 heterocycles. The number of thiophene rings is 1. The van der Waals surface area contributed by atoms with E-state index in [1.54, 1.807) is 15.7 Å². The van der Waals surface area contributed by atoms with Gasteiger partial charge in [0.15, 0.2) is 0 Å². The van der Waals surface area contributed by atoms with E-state index in [1.165, 1.54) is 0 Å². The van der Waals surface area contributed by atoms with Crippen LogP contribution < -0.4 is 10.9 Å². The van der Waals surface area contributed by atoms with Gasteiger partial charge < -0.3 is 5.32 Å². The summed E-state index contributed by atoms with van der Waals surface area (Å²) in [7, 11) is 0. The van der Waals surface area contributed by atoms with Gasteiger partial charge in [-0.25, -0.2) is 0 Å². The first-order valence-electron chi connectivity index (χ1n) is 7.00. The molecule has 22 heavy (non-hydrogen) atoms. The number of hydrogen-bond acceptors (Lipinski definition) is 4. The number of rotatable bonds is 1.